The number of fused-ring (bicyclic) bond motifs is 1. The first-order valence-electron chi connectivity index (χ1n) is 6.55. The molecule has 0 radical (unpaired) electrons. The van der Waals surface area contributed by atoms with Crippen molar-refractivity contribution >= 4 is 22.8 Å². The van der Waals surface area contributed by atoms with Gasteiger partial charge in [0.15, 0.2) is 5.65 Å². The molecule has 5 heteroatoms. The summed E-state index contributed by atoms with van der Waals surface area (Å²) < 4.78 is 4.14. The van der Waals surface area contributed by atoms with Crippen molar-refractivity contribution in [2.75, 3.05) is 0 Å². The maximum atomic E-state index is 6.01. The van der Waals surface area contributed by atoms with Crippen LogP contribution in [0.1, 0.15) is 38.7 Å². The normalized spacial score (nSPS) is 11.9. The number of aromatic nitrogens is 4. The first-order valence-corrected chi connectivity index (χ1v) is 7.08. The molecule has 0 amide bonds. The van der Waals surface area contributed by atoms with Crippen molar-refractivity contribution in [2.45, 2.75) is 46.0 Å². The van der Waals surface area contributed by atoms with Gasteiger partial charge < -0.3 is 4.57 Å². The van der Waals surface area contributed by atoms with Gasteiger partial charge in [0.2, 0.25) is 0 Å². The highest BCUT2D eigenvalue weighted by Crippen LogP contribution is 2.22. The fraction of sp³-hybridized carbons (Fsp3) is 0.692. The van der Waals surface area contributed by atoms with Crippen molar-refractivity contribution in [1.82, 2.24) is 19.3 Å². The number of rotatable bonds is 5. The van der Waals surface area contributed by atoms with E-state index in [0.717, 1.165) is 42.1 Å². The Morgan fingerprint density at radius 3 is 2.61 bits per heavy atom. The highest BCUT2D eigenvalue weighted by molar-refractivity contribution is 6.16. The standard InChI is InChI=1S/C13H21ClN4/c1-5-6-10-12-13(17(4)16-10)18(8-9(2)3)11(7-14)15-12/h9H,5-8H2,1-4H3. The minimum Gasteiger partial charge on any atom is -0.312 e. The smallest absolute Gasteiger partial charge is 0.158 e. The molecule has 0 fully saturated rings. The Labute approximate surface area is 113 Å². The molecule has 0 atom stereocenters. The van der Waals surface area contributed by atoms with Crippen LogP contribution in [0.2, 0.25) is 0 Å². The molecular weight excluding hydrogens is 248 g/mol. The first-order chi connectivity index (χ1) is 8.58. The molecule has 2 aromatic rings. The summed E-state index contributed by atoms with van der Waals surface area (Å²) in [6.07, 6.45) is 2.05. The van der Waals surface area contributed by atoms with Gasteiger partial charge in [-0.2, -0.15) is 5.10 Å². The predicted octanol–water partition coefficient (Wildman–Crippen LogP) is 3.12. The molecule has 0 aliphatic heterocycles. The first kappa shape index (κ1) is 13.4. The van der Waals surface area contributed by atoms with Gasteiger partial charge in [-0.1, -0.05) is 27.2 Å². The summed E-state index contributed by atoms with van der Waals surface area (Å²) in [6.45, 7) is 7.50. The minimum atomic E-state index is 0.451. The topological polar surface area (TPSA) is 35.6 Å². The zero-order chi connectivity index (χ0) is 13.3. The van der Waals surface area contributed by atoms with Crippen LogP contribution in [0.4, 0.5) is 0 Å². The number of aryl methyl sites for hydroxylation is 2. The average molecular weight is 269 g/mol. The van der Waals surface area contributed by atoms with E-state index < -0.39 is 0 Å². The van der Waals surface area contributed by atoms with Crippen LogP contribution in [0.3, 0.4) is 0 Å². The summed E-state index contributed by atoms with van der Waals surface area (Å²) in [5.74, 6) is 1.96. The molecule has 0 spiro atoms. The highest BCUT2D eigenvalue weighted by atomic mass is 35.5. The van der Waals surface area contributed by atoms with Crippen LogP contribution in [0.15, 0.2) is 0 Å². The van der Waals surface area contributed by atoms with E-state index in [-0.39, 0.29) is 0 Å². The third-order valence-corrected chi connectivity index (χ3v) is 3.26. The predicted molar refractivity (Wildman–Crippen MR) is 74.9 cm³/mol. The van der Waals surface area contributed by atoms with E-state index in [9.17, 15) is 0 Å². The summed E-state index contributed by atoms with van der Waals surface area (Å²) in [4.78, 5) is 4.67. The number of hydrogen-bond donors (Lipinski definition) is 0. The van der Waals surface area contributed by atoms with Crippen molar-refractivity contribution in [3.63, 3.8) is 0 Å². The average Bonchev–Trinajstić information content (AvgIpc) is 2.79. The molecule has 0 saturated carbocycles. The molecule has 2 aromatic heterocycles. The molecule has 2 rings (SSSR count). The van der Waals surface area contributed by atoms with Crippen LogP contribution in [0, 0.1) is 5.92 Å². The Hall–Kier alpha value is -1.03. The largest absolute Gasteiger partial charge is 0.312 e. The van der Waals surface area contributed by atoms with Crippen LogP contribution >= 0.6 is 11.6 Å². The molecule has 0 aliphatic carbocycles. The minimum absolute atomic E-state index is 0.451. The van der Waals surface area contributed by atoms with Gasteiger partial charge in [-0.15, -0.1) is 11.6 Å². The maximum Gasteiger partial charge on any atom is 0.158 e. The Bertz CT molecular complexity index is 539. The molecule has 0 N–H and O–H groups in total. The number of alkyl halides is 1. The van der Waals surface area contributed by atoms with Gasteiger partial charge in [-0.05, 0) is 12.3 Å². The van der Waals surface area contributed by atoms with E-state index >= 15 is 0 Å². The third-order valence-electron chi connectivity index (χ3n) is 3.02. The van der Waals surface area contributed by atoms with Crippen molar-refractivity contribution in [1.29, 1.82) is 0 Å². The molecule has 0 saturated heterocycles. The van der Waals surface area contributed by atoms with E-state index in [1.165, 1.54) is 0 Å². The Morgan fingerprint density at radius 2 is 2.06 bits per heavy atom. The molecular formula is C13H21ClN4. The molecule has 100 valence electrons. The number of imidazole rings is 1. The van der Waals surface area contributed by atoms with Crippen LogP contribution in [-0.2, 0) is 25.9 Å². The van der Waals surface area contributed by atoms with Gasteiger partial charge in [0.05, 0.1) is 11.6 Å². The molecule has 4 nitrogen and oxygen atoms in total. The fourth-order valence-corrected chi connectivity index (χ4v) is 2.56. The fourth-order valence-electron chi connectivity index (χ4n) is 2.35. The third kappa shape index (κ3) is 2.26. The summed E-state index contributed by atoms with van der Waals surface area (Å²) in [7, 11) is 1.98. The van der Waals surface area contributed by atoms with Gasteiger partial charge >= 0.3 is 0 Å². The van der Waals surface area contributed by atoms with Crippen molar-refractivity contribution in [3.05, 3.63) is 11.5 Å². The van der Waals surface area contributed by atoms with E-state index in [0.29, 0.717) is 11.8 Å². The van der Waals surface area contributed by atoms with Gasteiger partial charge in [-0.3, -0.25) is 4.68 Å². The zero-order valence-electron chi connectivity index (χ0n) is 11.6. The van der Waals surface area contributed by atoms with Crippen LogP contribution in [-0.4, -0.2) is 19.3 Å². The van der Waals surface area contributed by atoms with E-state index in [1.807, 2.05) is 11.7 Å². The lowest BCUT2D eigenvalue weighted by Gasteiger charge is -2.10. The second-order valence-corrected chi connectivity index (χ2v) is 5.43. The maximum absolute atomic E-state index is 6.01. The van der Waals surface area contributed by atoms with E-state index in [2.05, 4.69) is 35.4 Å². The summed E-state index contributed by atoms with van der Waals surface area (Å²) in [5.41, 5.74) is 3.21. The molecule has 0 aromatic carbocycles. The summed E-state index contributed by atoms with van der Waals surface area (Å²) >= 11 is 6.01. The Morgan fingerprint density at radius 1 is 1.33 bits per heavy atom. The van der Waals surface area contributed by atoms with Crippen LogP contribution < -0.4 is 0 Å². The van der Waals surface area contributed by atoms with E-state index in [1.54, 1.807) is 0 Å². The van der Waals surface area contributed by atoms with Crippen LogP contribution in [0.5, 0.6) is 0 Å². The van der Waals surface area contributed by atoms with Crippen molar-refractivity contribution in [3.8, 4) is 0 Å². The number of hydrogen-bond acceptors (Lipinski definition) is 2. The Kier molecular flexibility index (Phi) is 3.95. The van der Waals surface area contributed by atoms with E-state index in [4.69, 9.17) is 11.6 Å². The zero-order valence-corrected chi connectivity index (χ0v) is 12.3. The van der Waals surface area contributed by atoms with Crippen LogP contribution in [0.25, 0.3) is 11.2 Å². The lowest BCUT2D eigenvalue weighted by Crippen LogP contribution is -2.10. The lowest BCUT2D eigenvalue weighted by atomic mass is 10.2. The van der Waals surface area contributed by atoms with Gasteiger partial charge in [0.1, 0.15) is 11.3 Å². The van der Waals surface area contributed by atoms with Crippen molar-refractivity contribution < 1.29 is 0 Å². The SMILES string of the molecule is CCCc1nn(C)c2c1nc(CCl)n2CC(C)C. The quantitative estimate of drug-likeness (QED) is 0.781. The van der Waals surface area contributed by atoms with Gasteiger partial charge in [-0.25, -0.2) is 4.98 Å². The highest BCUT2D eigenvalue weighted by Gasteiger charge is 2.18. The summed E-state index contributed by atoms with van der Waals surface area (Å²) in [6, 6.07) is 0. The lowest BCUT2D eigenvalue weighted by molar-refractivity contribution is 0.513. The molecule has 2 heterocycles. The van der Waals surface area contributed by atoms with Crippen molar-refractivity contribution in [2.24, 2.45) is 13.0 Å². The Balaban J connectivity index is 2.59. The monoisotopic (exact) mass is 268 g/mol. The number of nitrogens with zero attached hydrogens (tertiary/aromatic N) is 4. The van der Waals surface area contributed by atoms with Gasteiger partial charge in [0, 0.05) is 13.6 Å². The molecule has 0 aliphatic rings. The summed E-state index contributed by atoms with van der Waals surface area (Å²) in [5, 5.41) is 4.57. The van der Waals surface area contributed by atoms with Gasteiger partial charge in [0.25, 0.3) is 0 Å². The number of halogens is 1. The second kappa shape index (κ2) is 5.31. The second-order valence-electron chi connectivity index (χ2n) is 5.16. The molecule has 0 bridgehead atoms. The molecule has 0 unspecified atom stereocenters. The molecule has 18 heavy (non-hydrogen) atoms.